The largest absolute Gasteiger partial charge is 0.494 e. The smallest absolute Gasteiger partial charge is 0.119 e. The third kappa shape index (κ3) is 3.31. The van der Waals surface area contributed by atoms with E-state index in [1.165, 1.54) is 11.5 Å². The van der Waals surface area contributed by atoms with Crippen molar-refractivity contribution < 1.29 is 4.74 Å². The molecule has 2 aromatic rings. The van der Waals surface area contributed by atoms with Crippen LogP contribution in [0.25, 0.3) is 11.3 Å². The summed E-state index contributed by atoms with van der Waals surface area (Å²) in [6.45, 7) is 3.49. The SMILES string of the molecule is CCCCOc1ccc(-c2cc(CN)sn2)cc1. The Balaban J connectivity index is 2.02. The van der Waals surface area contributed by atoms with E-state index in [-0.39, 0.29) is 0 Å². The molecule has 0 spiro atoms. The molecule has 3 nitrogen and oxygen atoms in total. The van der Waals surface area contributed by atoms with Gasteiger partial charge in [-0.05, 0) is 48.3 Å². The van der Waals surface area contributed by atoms with Gasteiger partial charge in [-0.2, -0.15) is 4.37 Å². The van der Waals surface area contributed by atoms with Crippen molar-refractivity contribution in [2.24, 2.45) is 5.73 Å². The van der Waals surface area contributed by atoms with E-state index in [1.54, 1.807) is 0 Å². The lowest BCUT2D eigenvalue weighted by Crippen LogP contribution is -1.95. The number of benzene rings is 1. The lowest BCUT2D eigenvalue weighted by Gasteiger charge is -2.05. The summed E-state index contributed by atoms with van der Waals surface area (Å²) < 4.78 is 10.0. The molecule has 0 saturated carbocycles. The Hall–Kier alpha value is -1.39. The van der Waals surface area contributed by atoms with Gasteiger partial charge in [0, 0.05) is 17.0 Å². The van der Waals surface area contributed by atoms with Gasteiger partial charge < -0.3 is 10.5 Å². The summed E-state index contributed by atoms with van der Waals surface area (Å²) >= 11 is 1.46. The van der Waals surface area contributed by atoms with Gasteiger partial charge in [-0.15, -0.1) is 0 Å². The Morgan fingerprint density at radius 2 is 2.06 bits per heavy atom. The van der Waals surface area contributed by atoms with E-state index < -0.39 is 0 Å². The quantitative estimate of drug-likeness (QED) is 0.811. The highest BCUT2D eigenvalue weighted by Crippen LogP contribution is 2.24. The van der Waals surface area contributed by atoms with Crippen molar-refractivity contribution in [1.82, 2.24) is 4.37 Å². The van der Waals surface area contributed by atoms with E-state index in [1.807, 2.05) is 30.3 Å². The molecular formula is C14H18N2OS. The maximum atomic E-state index is 5.63. The van der Waals surface area contributed by atoms with Crippen molar-refractivity contribution in [3.8, 4) is 17.0 Å². The second kappa shape index (κ2) is 6.52. The molecule has 0 aliphatic rings. The third-order valence-corrected chi connectivity index (χ3v) is 3.48. The maximum Gasteiger partial charge on any atom is 0.119 e. The van der Waals surface area contributed by atoms with Crippen molar-refractivity contribution >= 4 is 11.5 Å². The standard InChI is InChI=1S/C14H18N2OS/c1-2-3-8-17-12-6-4-11(5-7-12)14-9-13(10-15)18-16-14/h4-7,9H,2-3,8,10,15H2,1H3. The number of rotatable bonds is 6. The molecule has 2 N–H and O–H groups in total. The number of unbranched alkanes of at least 4 members (excludes halogenated alkanes) is 1. The number of hydrogen-bond donors (Lipinski definition) is 1. The molecule has 96 valence electrons. The predicted molar refractivity (Wildman–Crippen MR) is 75.8 cm³/mol. The van der Waals surface area contributed by atoms with Crippen molar-refractivity contribution in [2.45, 2.75) is 26.3 Å². The highest BCUT2D eigenvalue weighted by atomic mass is 32.1. The fourth-order valence-electron chi connectivity index (χ4n) is 1.60. The van der Waals surface area contributed by atoms with Gasteiger partial charge >= 0.3 is 0 Å². The van der Waals surface area contributed by atoms with Crippen LogP contribution in [0.15, 0.2) is 30.3 Å². The van der Waals surface area contributed by atoms with Crippen LogP contribution < -0.4 is 10.5 Å². The molecule has 0 atom stereocenters. The van der Waals surface area contributed by atoms with E-state index in [4.69, 9.17) is 10.5 Å². The van der Waals surface area contributed by atoms with Gasteiger partial charge in [0.25, 0.3) is 0 Å². The third-order valence-electron chi connectivity index (χ3n) is 2.68. The van der Waals surface area contributed by atoms with Crippen LogP contribution in [0, 0.1) is 0 Å². The van der Waals surface area contributed by atoms with Gasteiger partial charge in [-0.3, -0.25) is 0 Å². The first-order valence-corrected chi connectivity index (χ1v) is 6.99. The van der Waals surface area contributed by atoms with Crippen LogP contribution in [0.1, 0.15) is 24.6 Å². The zero-order valence-electron chi connectivity index (χ0n) is 10.6. The first-order chi connectivity index (χ1) is 8.83. The predicted octanol–water partition coefficient (Wildman–Crippen LogP) is 3.45. The Bertz CT molecular complexity index is 479. The van der Waals surface area contributed by atoms with Crippen molar-refractivity contribution in [3.05, 3.63) is 35.2 Å². The molecule has 0 amide bonds. The van der Waals surface area contributed by atoms with Crippen LogP contribution in [0.3, 0.4) is 0 Å². The average molecular weight is 262 g/mol. The molecular weight excluding hydrogens is 244 g/mol. The number of hydrogen-bond acceptors (Lipinski definition) is 4. The monoisotopic (exact) mass is 262 g/mol. The second-order valence-electron chi connectivity index (χ2n) is 4.11. The number of nitrogens with zero attached hydrogens (tertiary/aromatic N) is 1. The van der Waals surface area contributed by atoms with Crippen LogP contribution in [0.2, 0.25) is 0 Å². The summed E-state index contributed by atoms with van der Waals surface area (Å²) in [4.78, 5) is 1.10. The summed E-state index contributed by atoms with van der Waals surface area (Å²) in [5.41, 5.74) is 7.68. The first-order valence-electron chi connectivity index (χ1n) is 6.22. The lowest BCUT2D eigenvalue weighted by atomic mass is 10.1. The van der Waals surface area contributed by atoms with Crippen LogP contribution in [-0.4, -0.2) is 11.0 Å². The van der Waals surface area contributed by atoms with Crippen LogP contribution in [0.5, 0.6) is 5.75 Å². The molecule has 18 heavy (non-hydrogen) atoms. The van der Waals surface area contributed by atoms with Crippen molar-refractivity contribution in [3.63, 3.8) is 0 Å². The van der Waals surface area contributed by atoms with Gasteiger partial charge in [-0.1, -0.05) is 13.3 Å². The van der Waals surface area contributed by atoms with Crippen LogP contribution in [-0.2, 0) is 6.54 Å². The fraction of sp³-hybridized carbons (Fsp3) is 0.357. The lowest BCUT2D eigenvalue weighted by molar-refractivity contribution is 0.309. The second-order valence-corrected chi connectivity index (χ2v) is 5.00. The minimum absolute atomic E-state index is 0.551. The highest BCUT2D eigenvalue weighted by Gasteiger charge is 2.03. The van der Waals surface area contributed by atoms with Gasteiger partial charge in [0.15, 0.2) is 0 Å². The van der Waals surface area contributed by atoms with Crippen molar-refractivity contribution in [2.75, 3.05) is 6.61 Å². The highest BCUT2D eigenvalue weighted by molar-refractivity contribution is 7.06. The van der Waals surface area contributed by atoms with E-state index in [0.29, 0.717) is 6.54 Å². The first kappa shape index (κ1) is 13.1. The summed E-state index contributed by atoms with van der Waals surface area (Å²) in [5.74, 6) is 0.918. The minimum Gasteiger partial charge on any atom is -0.494 e. The number of ether oxygens (including phenoxy) is 1. The average Bonchev–Trinajstić information content (AvgIpc) is 2.89. The molecule has 4 heteroatoms. The summed E-state index contributed by atoms with van der Waals surface area (Å²) in [6, 6.07) is 10.1. The molecule has 0 aliphatic heterocycles. The van der Waals surface area contributed by atoms with E-state index in [2.05, 4.69) is 11.3 Å². The molecule has 1 heterocycles. The summed E-state index contributed by atoms with van der Waals surface area (Å²) in [7, 11) is 0. The van der Waals surface area contributed by atoms with Crippen LogP contribution >= 0.6 is 11.5 Å². The Kier molecular flexibility index (Phi) is 4.73. The molecule has 2 rings (SSSR count). The zero-order chi connectivity index (χ0) is 12.8. The maximum absolute atomic E-state index is 5.63. The fourth-order valence-corrected chi connectivity index (χ4v) is 2.21. The molecule has 0 aliphatic carbocycles. The van der Waals surface area contributed by atoms with Gasteiger partial charge in [0.05, 0.1) is 12.3 Å². The molecule has 0 radical (unpaired) electrons. The summed E-state index contributed by atoms with van der Waals surface area (Å²) in [5, 5.41) is 0. The Labute approximate surface area is 112 Å². The van der Waals surface area contributed by atoms with Gasteiger partial charge in [-0.25, -0.2) is 0 Å². The van der Waals surface area contributed by atoms with E-state index in [9.17, 15) is 0 Å². The summed E-state index contributed by atoms with van der Waals surface area (Å²) in [6.07, 6.45) is 2.24. The topological polar surface area (TPSA) is 48.1 Å². The number of aromatic nitrogens is 1. The number of nitrogens with two attached hydrogens (primary N) is 1. The van der Waals surface area contributed by atoms with E-state index in [0.717, 1.165) is 41.3 Å². The minimum atomic E-state index is 0.551. The normalized spacial score (nSPS) is 10.6. The molecule has 0 saturated heterocycles. The molecule has 0 fully saturated rings. The van der Waals surface area contributed by atoms with Crippen LogP contribution in [0.4, 0.5) is 0 Å². The Morgan fingerprint density at radius 1 is 1.28 bits per heavy atom. The van der Waals surface area contributed by atoms with Gasteiger partial charge in [0.1, 0.15) is 5.75 Å². The Morgan fingerprint density at radius 3 is 2.67 bits per heavy atom. The van der Waals surface area contributed by atoms with Gasteiger partial charge in [0.2, 0.25) is 0 Å². The van der Waals surface area contributed by atoms with E-state index >= 15 is 0 Å². The molecule has 1 aromatic carbocycles. The molecule has 0 unspecified atom stereocenters. The molecule has 1 aromatic heterocycles. The zero-order valence-corrected chi connectivity index (χ0v) is 11.4. The molecule has 0 bridgehead atoms. The van der Waals surface area contributed by atoms with Crippen molar-refractivity contribution in [1.29, 1.82) is 0 Å².